The van der Waals surface area contributed by atoms with Gasteiger partial charge in [-0.3, -0.25) is 14.2 Å². The predicted molar refractivity (Wildman–Crippen MR) is 102 cm³/mol. The van der Waals surface area contributed by atoms with E-state index in [1.165, 1.54) is 12.8 Å². The lowest BCUT2D eigenvalue weighted by Crippen LogP contribution is -2.21. The number of fused-ring (bicyclic) bond motifs is 2. The van der Waals surface area contributed by atoms with Crippen LogP contribution in [-0.4, -0.2) is 25.2 Å². The molecule has 1 saturated carbocycles. The minimum Gasteiger partial charge on any atom is -0.307 e. The summed E-state index contributed by atoms with van der Waals surface area (Å²) in [6.45, 7) is 0.727. The summed E-state index contributed by atoms with van der Waals surface area (Å²) in [7, 11) is 0. The van der Waals surface area contributed by atoms with E-state index in [1.807, 2.05) is 10.7 Å². The van der Waals surface area contributed by atoms with E-state index in [4.69, 9.17) is 0 Å². The molecule has 2 aliphatic rings. The van der Waals surface area contributed by atoms with Crippen molar-refractivity contribution in [2.24, 2.45) is 0 Å². The van der Waals surface area contributed by atoms with Crippen LogP contribution in [0.3, 0.4) is 0 Å². The highest BCUT2D eigenvalue weighted by Crippen LogP contribution is 2.31. The number of carbonyl (C=O) groups excluding carboxylic acids is 1. The minimum atomic E-state index is -0.209. The van der Waals surface area contributed by atoms with Crippen LogP contribution in [0.1, 0.15) is 54.3 Å². The maximum absolute atomic E-state index is 12.8. The van der Waals surface area contributed by atoms with Gasteiger partial charge in [0.25, 0.3) is 11.5 Å². The van der Waals surface area contributed by atoms with Crippen molar-refractivity contribution in [1.82, 2.24) is 19.3 Å². The first kappa shape index (κ1) is 16.2. The monoisotopic (exact) mass is 363 g/mol. The van der Waals surface area contributed by atoms with Gasteiger partial charge in [0.15, 0.2) is 0 Å². The number of benzene rings is 1. The van der Waals surface area contributed by atoms with Gasteiger partial charge in [0.2, 0.25) is 0 Å². The summed E-state index contributed by atoms with van der Waals surface area (Å²) in [5.74, 6) is 1.32. The molecule has 1 aromatic carbocycles. The molecule has 3 heterocycles. The maximum Gasteiger partial charge on any atom is 0.261 e. The van der Waals surface area contributed by atoms with E-state index in [1.54, 1.807) is 29.0 Å². The van der Waals surface area contributed by atoms with E-state index < -0.39 is 0 Å². The zero-order valence-corrected chi connectivity index (χ0v) is 15.0. The lowest BCUT2D eigenvalue weighted by atomic mass is 10.1. The maximum atomic E-state index is 12.8. The molecule has 2 aromatic heterocycles. The summed E-state index contributed by atoms with van der Waals surface area (Å²) < 4.78 is 3.66. The number of amides is 1. The molecule has 0 bridgehead atoms. The average molecular weight is 363 g/mol. The number of rotatable bonds is 3. The number of anilines is 1. The zero-order valence-electron chi connectivity index (χ0n) is 15.0. The summed E-state index contributed by atoms with van der Waals surface area (Å²) in [6.07, 6.45) is 8.07. The van der Waals surface area contributed by atoms with Crippen LogP contribution >= 0.6 is 0 Å². The second-order valence-corrected chi connectivity index (χ2v) is 7.37. The molecule has 27 heavy (non-hydrogen) atoms. The van der Waals surface area contributed by atoms with Crippen LogP contribution < -0.4 is 10.9 Å². The first-order valence-electron chi connectivity index (χ1n) is 9.59. The molecule has 1 fully saturated rings. The Morgan fingerprint density at radius 1 is 1.15 bits per heavy atom. The molecule has 0 spiro atoms. The van der Waals surface area contributed by atoms with E-state index in [0.29, 0.717) is 28.3 Å². The Balaban J connectivity index is 1.46. The molecule has 1 aliphatic carbocycles. The van der Waals surface area contributed by atoms with Crippen LogP contribution in [-0.2, 0) is 13.0 Å². The highest BCUT2D eigenvalue weighted by molar-refractivity contribution is 6.05. The number of aromatic nitrogens is 4. The fourth-order valence-corrected chi connectivity index (χ4v) is 4.27. The van der Waals surface area contributed by atoms with Crippen LogP contribution in [0.4, 0.5) is 5.82 Å². The number of carbonyl (C=O) groups is 1. The molecule has 7 heteroatoms. The SMILES string of the molecule is O=C(Nc1ccnn1C1CCCC1)c1ccc2c(=O)n3c(nc2c1)CCC3. The molecule has 5 rings (SSSR count). The number of nitrogens with zero attached hydrogens (tertiary/aromatic N) is 4. The highest BCUT2D eigenvalue weighted by atomic mass is 16.2. The van der Waals surface area contributed by atoms with Gasteiger partial charge in [-0.1, -0.05) is 12.8 Å². The second kappa shape index (κ2) is 6.33. The molecule has 7 nitrogen and oxygen atoms in total. The third-order valence-corrected chi connectivity index (χ3v) is 5.66. The Morgan fingerprint density at radius 2 is 2.00 bits per heavy atom. The molecule has 0 radical (unpaired) electrons. The smallest absolute Gasteiger partial charge is 0.261 e. The molecular weight excluding hydrogens is 342 g/mol. The third-order valence-electron chi connectivity index (χ3n) is 5.66. The zero-order chi connectivity index (χ0) is 18.4. The van der Waals surface area contributed by atoms with Gasteiger partial charge in [0.05, 0.1) is 23.1 Å². The molecule has 1 amide bonds. The van der Waals surface area contributed by atoms with Gasteiger partial charge < -0.3 is 5.32 Å². The first-order valence-corrected chi connectivity index (χ1v) is 9.59. The van der Waals surface area contributed by atoms with Crippen LogP contribution in [0.15, 0.2) is 35.3 Å². The molecular formula is C20H21N5O2. The van der Waals surface area contributed by atoms with Gasteiger partial charge in [-0.15, -0.1) is 0 Å². The van der Waals surface area contributed by atoms with E-state index in [0.717, 1.165) is 38.1 Å². The van der Waals surface area contributed by atoms with Crippen molar-refractivity contribution in [3.05, 3.63) is 52.2 Å². The summed E-state index contributed by atoms with van der Waals surface area (Å²) >= 11 is 0. The Morgan fingerprint density at radius 3 is 2.85 bits per heavy atom. The first-order chi connectivity index (χ1) is 13.2. The van der Waals surface area contributed by atoms with Gasteiger partial charge in [0.1, 0.15) is 11.6 Å². The minimum absolute atomic E-state index is 0.0150. The van der Waals surface area contributed by atoms with Crippen LogP contribution in [0.25, 0.3) is 10.9 Å². The summed E-state index contributed by atoms with van der Waals surface area (Å²) in [5.41, 5.74) is 1.07. The molecule has 1 aliphatic heterocycles. The second-order valence-electron chi connectivity index (χ2n) is 7.37. The molecule has 0 atom stereocenters. The van der Waals surface area contributed by atoms with Crippen molar-refractivity contribution < 1.29 is 4.79 Å². The van der Waals surface area contributed by atoms with Crippen molar-refractivity contribution in [2.75, 3.05) is 5.32 Å². The largest absolute Gasteiger partial charge is 0.307 e. The Kier molecular flexibility index (Phi) is 3.81. The molecule has 3 aromatic rings. The van der Waals surface area contributed by atoms with Crippen LogP contribution in [0, 0.1) is 0 Å². The fraction of sp³-hybridized carbons (Fsp3) is 0.400. The van der Waals surface area contributed by atoms with E-state index in [2.05, 4.69) is 15.4 Å². The number of hydrogen-bond acceptors (Lipinski definition) is 4. The fourth-order valence-electron chi connectivity index (χ4n) is 4.27. The number of nitrogens with one attached hydrogen (secondary N) is 1. The average Bonchev–Trinajstić information content (AvgIpc) is 3.42. The van der Waals surface area contributed by atoms with E-state index in [9.17, 15) is 9.59 Å². The molecule has 0 saturated heterocycles. The van der Waals surface area contributed by atoms with Crippen molar-refractivity contribution in [3.63, 3.8) is 0 Å². The summed E-state index contributed by atoms with van der Waals surface area (Å²) in [4.78, 5) is 29.9. The highest BCUT2D eigenvalue weighted by Gasteiger charge is 2.21. The van der Waals surface area contributed by atoms with Crippen molar-refractivity contribution in [3.8, 4) is 0 Å². The Labute approximate surface area is 156 Å². The normalized spacial score (nSPS) is 16.7. The van der Waals surface area contributed by atoms with Gasteiger partial charge >= 0.3 is 0 Å². The Hall–Kier alpha value is -2.96. The summed E-state index contributed by atoms with van der Waals surface area (Å²) in [5, 5.41) is 7.92. The van der Waals surface area contributed by atoms with Crippen molar-refractivity contribution >= 4 is 22.6 Å². The Bertz CT molecular complexity index is 1090. The van der Waals surface area contributed by atoms with E-state index in [-0.39, 0.29) is 11.5 Å². The summed E-state index contributed by atoms with van der Waals surface area (Å²) in [6, 6.07) is 7.30. The van der Waals surface area contributed by atoms with Gasteiger partial charge in [-0.2, -0.15) is 5.10 Å². The quantitative estimate of drug-likeness (QED) is 0.776. The van der Waals surface area contributed by atoms with Crippen LogP contribution in [0.2, 0.25) is 0 Å². The molecule has 138 valence electrons. The number of hydrogen-bond donors (Lipinski definition) is 1. The standard InChI is InChI=1S/C20H21N5O2/c26-19(23-18-9-10-21-25(18)14-4-1-2-5-14)13-7-8-15-16(12-13)22-17-6-3-11-24(17)20(15)27/h7-10,12,14H,1-6,11H2,(H,23,26). The molecule has 0 unspecified atom stereocenters. The topological polar surface area (TPSA) is 81.8 Å². The number of aryl methyl sites for hydroxylation is 1. The van der Waals surface area contributed by atoms with Gasteiger partial charge in [0, 0.05) is 24.6 Å². The van der Waals surface area contributed by atoms with Gasteiger partial charge in [-0.25, -0.2) is 9.67 Å². The van der Waals surface area contributed by atoms with Crippen molar-refractivity contribution in [1.29, 1.82) is 0 Å². The van der Waals surface area contributed by atoms with Crippen LogP contribution in [0.5, 0.6) is 0 Å². The molecule has 1 N–H and O–H groups in total. The third kappa shape index (κ3) is 2.74. The van der Waals surface area contributed by atoms with E-state index >= 15 is 0 Å². The van der Waals surface area contributed by atoms with Gasteiger partial charge in [-0.05, 0) is 37.5 Å². The lowest BCUT2D eigenvalue weighted by molar-refractivity contribution is 0.102. The predicted octanol–water partition coefficient (Wildman–Crippen LogP) is 2.91. The lowest BCUT2D eigenvalue weighted by Gasteiger charge is -2.14. The van der Waals surface area contributed by atoms with Crippen molar-refractivity contribution in [2.45, 2.75) is 51.1 Å².